The minimum Gasteiger partial charge on any atom is -0.497 e. The van der Waals surface area contributed by atoms with Crippen molar-refractivity contribution in [3.05, 3.63) is 89.2 Å². The lowest BCUT2D eigenvalue weighted by Crippen LogP contribution is -2.51. The molecule has 0 saturated carbocycles. The quantitative estimate of drug-likeness (QED) is 0.566. The predicted octanol–water partition coefficient (Wildman–Crippen LogP) is 5.12. The molecule has 2 aliphatic rings. The van der Waals surface area contributed by atoms with Crippen LogP contribution < -0.4 is 15.0 Å². The van der Waals surface area contributed by atoms with Gasteiger partial charge in [-0.2, -0.15) is 0 Å². The Hall–Kier alpha value is -3.52. The fourth-order valence-electron chi connectivity index (χ4n) is 4.60. The van der Waals surface area contributed by atoms with Crippen molar-refractivity contribution in [1.29, 1.82) is 0 Å². The van der Waals surface area contributed by atoms with E-state index in [-0.39, 0.29) is 5.91 Å². The molecule has 8 heteroatoms. The zero-order chi connectivity index (χ0) is 23.9. The number of carbonyl (C=O) groups is 2. The minimum absolute atomic E-state index is 0.234. The Morgan fingerprint density at radius 2 is 1.94 bits per heavy atom. The zero-order valence-electron chi connectivity index (χ0n) is 18.9. The molecule has 1 saturated heterocycles. The van der Waals surface area contributed by atoms with Gasteiger partial charge in [0.15, 0.2) is 4.87 Å². The number of halogens is 1. The third-order valence-electron chi connectivity index (χ3n) is 6.17. The van der Waals surface area contributed by atoms with Crippen LogP contribution in [-0.4, -0.2) is 36.2 Å². The number of nitrogens with one attached hydrogen (secondary N) is 1. The Bertz CT molecular complexity index is 1270. The van der Waals surface area contributed by atoms with Crippen LogP contribution in [0.15, 0.2) is 66.7 Å². The molecule has 1 spiro atoms. The van der Waals surface area contributed by atoms with E-state index in [4.69, 9.17) is 4.74 Å². The van der Waals surface area contributed by atoms with Crippen LogP contribution in [0.5, 0.6) is 5.75 Å². The summed E-state index contributed by atoms with van der Waals surface area (Å²) in [5.74, 6) is 0.567. The van der Waals surface area contributed by atoms with Crippen molar-refractivity contribution in [3.63, 3.8) is 0 Å². The maximum Gasteiger partial charge on any atom is 0.323 e. The largest absolute Gasteiger partial charge is 0.497 e. The summed E-state index contributed by atoms with van der Waals surface area (Å²) in [6, 6.07) is 18.9. The molecule has 1 unspecified atom stereocenters. The van der Waals surface area contributed by atoms with Gasteiger partial charge in [0.1, 0.15) is 11.6 Å². The Morgan fingerprint density at radius 3 is 2.68 bits per heavy atom. The third kappa shape index (κ3) is 3.68. The van der Waals surface area contributed by atoms with E-state index < -0.39 is 16.7 Å². The van der Waals surface area contributed by atoms with Gasteiger partial charge in [-0.15, -0.1) is 11.8 Å². The number of aryl methyl sites for hydroxylation is 1. The van der Waals surface area contributed by atoms with Gasteiger partial charge < -0.3 is 15.0 Å². The number of urea groups is 1. The molecule has 2 heterocycles. The lowest BCUT2D eigenvalue weighted by Gasteiger charge is -2.33. The number of benzene rings is 3. The van der Waals surface area contributed by atoms with Crippen molar-refractivity contribution in [2.45, 2.75) is 18.3 Å². The van der Waals surface area contributed by atoms with Crippen LogP contribution >= 0.6 is 11.8 Å². The molecule has 1 N–H and O–H groups in total. The van der Waals surface area contributed by atoms with E-state index in [0.29, 0.717) is 41.5 Å². The first-order valence-electron chi connectivity index (χ1n) is 11.0. The summed E-state index contributed by atoms with van der Waals surface area (Å²) in [6.45, 7) is 2.71. The monoisotopic (exact) mass is 477 g/mol. The number of nitrogens with zero attached hydrogens (tertiary/aromatic N) is 2. The molecular formula is C26H24FN3O3S. The van der Waals surface area contributed by atoms with Crippen molar-refractivity contribution in [1.82, 2.24) is 4.90 Å². The topological polar surface area (TPSA) is 61.9 Å². The number of ether oxygens (including phenoxy) is 1. The van der Waals surface area contributed by atoms with Crippen LogP contribution in [0, 0.1) is 12.7 Å². The maximum absolute atomic E-state index is 14.4. The molecule has 0 aliphatic carbocycles. The van der Waals surface area contributed by atoms with Crippen molar-refractivity contribution >= 4 is 35.1 Å². The lowest BCUT2D eigenvalue weighted by molar-refractivity contribution is -0.123. The standard InChI is InChI=1S/C26H24FN3O3S/c1-17-4-3-5-18(14-17)16-29-23-11-6-19(27)15-22(23)26(24(29)31)30(12-13-34-26)25(32)28-20-7-9-21(33-2)10-8-20/h3-11,14-15H,12-13,16H2,1-2H3,(H,28,32). The number of methoxy groups -OCH3 is 1. The van der Waals surface area contributed by atoms with Gasteiger partial charge in [0, 0.05) is 23.5 Å². The van der Waals surface area contributed by atoms with Gasteiger partial charge >= 0.3 is 6.03 Å². The highest BCUT2D eigenvalue weighted by molar-refractivity contribution is 8.01. The fourth-order valence-corrected chi connectivity index (χ4v) is 6.05. The first-order valence-corrected chi connectivity index (χ1v) is 11.9. The third-order valence-corrected chi connectivity index (χ3v) is 7.58. The van der Waals surface area contributed by atoms with E-state index in [1.54, 1.807) is 42.3 Å². The van der Waals surface area contributed by atoms with Gasteiger partial charge in [-0.05, 0) is 55.0 Å². The van der Waals surface area contributed by atoms with Crippen LogP contribution in [0.3, 0.4) is 0 Å². The molecule has 34 heavy (non-hydrogen) atoms. The highest BCUT2D eigenvalue weighted by atomic mass is 32.2. The number of carbonyl (C=O) groups excluding carboxylic acids is 2. The van der Waals surface area contributed by atoms with Crippen LogP contribution in [0.1, 0.15) is 16.7 Å². The van der Waals surface area contributed by atoms with Crippen molar-refractivity contribution < 1.29 is 18.7 Å². The molecule has 3 aromatic carbocycles. The summed E-state index contributed by atoms with van der Waals surface area (Å²) >= 11 is 1.37. The second kappa shape index (κ2) is 8.68. The second-order valence-electron chi connectivity index (χ2n) is 8.34. The smallest absolute Gasteiger partial charge is 0.323 e. The lowest BCUT2D eigenvalue weighted by atomic mass is 10.1. The number of amides is 3. The van der Waals surface area contributed by atoms with Gasteiger partial charge in [-0.1, -0.05) is 29.8 Å². The van der Waals surface area contributed by atoms with Gasteiger partial charge in [0.05, 0.1) is 19.3 Å². The Labute approximate surface area is 201 Å². The Morgan fingerprint density at radius 1 is 1.15 bits per heavy atom. The van der Waals surface area contributed by atoms with Crippen LogP contribution in [-0.2, 0) is 16.2 Å². The number of rotatable bonds is 4. The molecular weight excluding hydrogens is 453 g/mol. The van der Waals surface area contributed by atoms with Crippen LogP contribution in [0.2, 0.25) is 0 Å². The second-order valence-corrected chi connectivity index (χ2v) is 9.63. The van der Waals surface area contributed by atoms with E-state index in [2.05, 4.69) is 5.32 Å². The Balaban J connectivity index is 1.50. The summed E-state index contributed by atoms with van der Waals surface area (Å²) < 4.78 is 19.6. The van der Waals surface area contributed by atoms with E-state index in [1.165, 1.54) is 28.8 Å². The predicted molar refractivity (Wildman–Crippen MR) is 132 cm³/mol. The summed E-state index contributed by atoms with van der Waals surface area (Å²) in [4.78, 5) is 29.2. The van der Waals surface area contributed by atoms with Crippen LogP contribution in [0.4, 0.5) is 20.6 Å². The molecule has 6 nitrogen and oxygen atoms in total. The van der Waals surface area contributed by atoms with Crippen molar-refractivity contribution in [2.75, 3.05) is 29.6 Å². The number of hydrogen-bond donors (Lipinski definition) is 1. The average Bonchev–Trinajstić information content (AvgIpc) is 3.37. The van der Waals surface area contributed by atoms with E-state index in [9.17, 15) is 14.0 Å². The normalized spacial score (nSPS) is 19.0. The zero-order valence-corrected chi connectivity index (χ0v) is 19.7. The molecule has 1 atom stereocenters. The molecule has 2 aliphatic heterocycles. The maximum atomic E-state index is 14.4. The van der Waals surface area contributed by atoms with E-state index in [0.717, 1.165) is 11.1 Å². The highest BCUT2D eigenvalue weighted by Crippen LogP contribution is 2.54. The summed E-state index contributed by atoms with van der Waals surface area (Å²) in [7, 11) is 1.57. The number of anilines is 2. The molecule has 0 radical (unpaired) electrons. The van der Waals surface area contributed by atoms with Gasteiger partial charge in [-0.3, -0.25) is 9.69 Å². The van der Waals surface area contributed by atoms with Crippen molar-refractivity contribution in [3.8, 4) is 5.75 Å². The van der Waals surface area contributed by atoms with Crippen LogP contribution in [0.25, 0.3) is 0 Å². The number of thioether (sulfide) groups is 1. The minimum atomic E-state index is -1.31. The highest BCUT2D eigenvalue weighted by Gasteiger charge is 2.59. The Kier molecular flexibility index (Phi) is 5.69. The molecule has 1 fully saturated rings. The van der Waals surface area contributed by atoms with E-state index >= 15 is 0 Å². The van der Waals surface area contributed by atoms with Crippen molar-refractivity contribution in [2.24, 2.45) is 0 Å². The van der Waals surface area contributed by atoms with Gasteiger partial charge in [0.2, 0.25) is 0 Å². The molecule has 0 bridgehead atoms. The van der Waals surface area contributed by atoms with E-state index in [1.807, 2.05) is 31.2 Å². The molecule has 3 amide bonds. The molecule has 174 valence electrons. The first kappa shape index (κ1) is 22.3. The molecule has 5 rings (SSSR count). The average molecular weight is 478 g/mol. The molecule has 0 aromatic heterocycles. The summed E-state index contributed by atoms with van der Waals surface area (Å²) in [5.41, 5.74) is 3.79. The summed E-state index contributed by atoms with van der Waals surface area (Å²) in [5, 5.41) is 2.88. The number of hydrogen-bond acceptors (Lipinski definition) is 4. The van der Waals surface area contributed by atoms with Gasteiger partial charge in [-0.25, -0.2) is 9.18 Å². The first-order chi connectivity index (χ1) is 16.4. The summed E-state index contributed by atoms with van der Waals surface area (Å²) in [6.07, 6.45) is 0. The number of fused-ring (bicyclic) bond motifs is 2. The van der Waals surface area contributed by atoms with Gasteiger partial charge in [0.25, 0.3) is 5.91 Å². The molecule has 3 aromatic rings. The fraction of sp³-hybridized carbons (Fsp3) is 0.231. The SMILES string of the molecule is COc1ccc(NC(=O)N2CCSC23C(=O)N(Cc2cccc(C)c2)c2ccc(F)cc23)cc1.